The molecule has 1 atom stereocenters. The molecule has 0 radical (unpaired) electrons. The zero-order chi connectivity index (χ0) is 13.1. The number of amides is 1. The number of piperazine rings is 1. The molecule has 2 N–H and O–H groups in total. The smallest absolute Gasteiger partial charge is 0.221 e. The Kier molecular flexibility index (Phi) is 4.08. The lowest BCUT2D eigenvalue weighted by Crippen LogP contribution is -2.65. The first-order valence-corrected chi connectivity index (χ1v) is 8.04. The standard InChI is InChI=1S/C15H27N3O/c19-14-11-13(5-4-8-17-14)18-10-9-16-12-15(18)6-2-1-3-7-15/h13,16H,1-12H2,(H,17,19). The summed E-state index contributed by atoms with van der Waals surface area (Å²) in [6.07, 6.45) is 9.77. The van der Waals surface area contributed by atoms with Gasteiger partial charge >= 0.3 is 0 Å². The van der Waals surface area contributed by atoms with Crippen molar-refractivity contribution >= 4 is 5.91 Å². The van der Waals surface area contributed by atoms with Gasteiger partial charge in [-0.15, -0.1) is 0 Å². The lowest BCUT2D eigenvalue weighted by molar-refractivity contribution is -0.122. The average molecular weight is 265 g/mol. The van der Waals surface area contributed by atoms with Gasteiger partial charge in [-0.25, -0.2) is 0 Å². The molecule has 1 spiro atoms. The topological polar surface area (TPSA) is 44.4 Å². The third-order valence-electron chi connectivity index (χ3n) is 5.28. The van der Waals surface area contributed by atoms with Crippen molar-refractivity contribution in [2.24, 2.45) is 0 Å². The number of hydrogen-bond acceptors (Lipinski definition) is 3. The Hall–Kier alpha value is -0.610. The molecule has 0 aromatic heterocycles. The van der Waals surface area contributed by atoms with E-state index in [1.807, 2.05) is 0 Å². The highest BCUT2D eigenvalue weighted by Crippen LogP contribution is 2.37. The van der Waals surface area contributed by atoms with Crippen molar-refractivity contribution < 1.29 is 4.79 Å². The predicted octanol–water partition coefficient (Wildman–Crippen LogP) is 1.26. The third kappa shape index (κ3) is 2.79. The van der Waals surface area contributed by atoms with Crippen molar-refractivity contribution in [3.63, 3.8) is 0 Å². The third-order valence-corrected chi connectivity index (χ3v) is 5.28. The van der Waals surface area contributed by atoms with Gasteiger partial charge in [0, 0.05) is 44.2 Å². The molecule has 2 heterocycles. The molecule has 2 saturated heterocycles. The lowest BCUT2D eigenvalue weighted by Gasteiger charge is -2.53. The van der Waals surface area contributed by atoms with Gasteiger partial charge in [-0.3, -0.25) is 9.69 Å². The van der Waals surface area contributed by atoms with E-state index in [0.29, 0.717) is 18.0 Å². The predicted molar refractivity (Wildman–Crippen MR) is 76.0 cm³/mol. The summed E-state index contributed by atoms with van der Waals surface area (Å²) in [5.41, 5.74) is 0.353. The molecule has 0 aromatic carbocycles. The van der Waals surface area contributed by atoms with Gasteiger partial charge in [0.1, 0.15) is 0 Å². The minimum Gasteiger partial charge on any atom is -0.356 e. The molecular weight excluding hydrogens is 238 g/mol. The highest BCUT2D eigenvalue weighted by atomic mass is 16.1. The van der Waals surface area contributed by atoms with Crippen molar-refractivity contribution in [2.75, 3.05) is 26.2 Å². The number of nitrogens with zero attached hydrogens (tertiary/aromatic N) is 1. The maximum atomic E-state index is 11.9. The number of nitrogens with one attached hydrogen (secondary N) is 2. The van der Waals surface area contributed by atoms with Gasteiger partial charge in [0.2, 0.25) is 5.91 Å². The van der Waals surface area contributed by atoms with E-state index in [2.05, 4.69) is 15.5 Å². The van der Waals surface area contributed by atoms with Crippen LogP contribution in [0.15, 0.2) is 0 Å². The van der Waals surface area contributed by atoms with Gasteiger partial charge in [0.15, 0.2) is 0 Å². The Labute approximate surface area is 116 Å². The van der Waals surface area contributed by atoms with Gasteiger partial charge in [0.05, 0.1) is 0 Å². The summed E-state index contributed by atoms with van der Waals surface area (Å²) in [6, 6.07) is 0.475. The minimum absolute atomic E-state index is 0.256. The molecule has 108 valence electrons. The fourth-order valence-electron chi connectivity index (χ4n) is 4.32. The molecule has 3 rings (SSSR count). The highest BCUT2D eigenvalue weighted by Gasteiger charge is 2.43. The quantitative estimate of drug-likeness (QED) is 0.750. The maximum Gasteiger partial charge on any atom is 0.221 e. The first-order chi connectivity index (χ1) is 9.30. The summed E-state index contributed by atoms with van der Waals surface area (Å²) in [4.78, 5) is 14.6. The molecule has 3 aliphatic rings. The van der Waals surface area contributed by atoms with Crippen LogP contribution in [0.25, 0.3) is 0 Å². The Bertz CT molecular complexity index is 317. The van der Waals surface area contributed by atoms with E-state index in [0.717, 1.165) is 32.6 Å². The van der Waals surface area contributed by atoms with Gasteiger partial charge in [-0.1, -0.05) is 19.3 Å². The van der Waals surface area contributed by atoms with Crippen molar-refractivity contribution in [2.45, 2.75) is 62.9 Å². The Balaban J connectivity index is 1.76. The van der Waals surface area contributed by atoms with Gasteiger partial charge < -0.3 is 10.6 Å². The SMILES string of the molecule is O=C1CC(N2CCNCC23CCCCC3)CCCN1. The van der Waals surface area contributed by atoms with Crippen LogP contribution >= 0.6 is 0 Å². The average Bonchev–Trinajstić information content (AvgIpc) is 2.65. The first kappa shape index (κ1) is 13.4. The molecule has 19 heavy (non-hydrogen) atoms. The lowest BCUT2D eigenvalue weighted by atomic mass is 9.77. The van der Waals surface area contributed by atoms with Crippen LogP contribution in [0.1, 0.15) is 51.4 Å². The van der Waals surface area contributed by atoms with Crippen LogP contribution in [0.3, 0.4) is 0 Å². The molecule has 0 bridgehead atoms. The van der Waals surface area contributed by atoms with Crippen LogP contribution in [-0.2, 0) is 4.79 Å². The van der Waals surface area contributed by atoms with Crippen LogP contribution in [0.5, 0.6) is 0 Å². The van der Waals surface area contributed by atoms with Crippen LogP contribution in [0.4, 0.5) is 0 Å². The fourth-order valence-corrected chi connectivity index (χ4v) is 4.32. The summed E-state index contributed by atoms with van der Waals surface area (Å²) >= 11 is 0. The zero-order valence-corrected chi connectivity index (χ0v) is 11.9. The van der Waals surface area contributed by atoms with Crippen LogP contribution < -0.4 is 10.6 Å². The van der Waals surface area contributed by atoms with Crippen molar-refractivity contribution in [1.82, 2.24) is 15.5 Å². The molecule has 4 heteroatoms. The number of hydrogen-bond donors (Lipinski definition) is 2. The molecular formula is C15H27N3O. The van der Waals surface area contributed by atoms with Crippen LogP contribution in [0.2, 0.25) is 0 Å². The Morgan fingerprint density at radius 3 is 2.79 bits per heavy atom. The fraction of sp³-hybridized carbons (Fsp3) is 0.933. The van der Waals surface area contributed by atoms with E-state index in [-0.39, 0.29) is 5.91 Å². The minimum atomic E-state index is 0.256. The summed E-state index contributed by atoms with van der Waals surface area (Å²) in [5.74, 6) is 0.256. The molecule has 3 fully saturated rings. The van der Waals surface area contributed by atoms with Gasteiger partial charge in [-0.2, -0.15) is 0 Å². The molecule has 1 unspecified atom stereocenters. The molecule has 0 aromatic rings. The second-order valence-corrected chi connectivity index (χ2v) is 6.51. The number of carbonyl (C=O) groups is 1. The summed E-state index contributed by atoms with van der Waals surface area (Å²) < 4.78 is 0. The maximum absolute atomic E-state index is 11.9. The summed E-state index contributed by atoms with van der Waals surface area (Å²) in [6.45, 7) is 4.21. The first-order valence-electron chi connectivity index (χ1n) is 8.04. The number of carbonyl (C=O) groups excluding carboxylic acids is 1. The Morgan fingerprint density at radius 1 is 1.11 bits per heavy atom. The van der Waals surface area contributed by atoms with E-state index in [9.17, 15) is 4.79 Å². The molecule has 2 aliphatic heterocycles. The molecule has 1 saturated carbocycles. The van der Waals surface area contributed by atoms with Gasteiger partial charge in [-0.05, 0) is 25.7 Å². The largest absolute Gasteiger partial charge is 0.356 e. The van der Waals surface area contributed by atoms with Crippen LogP contribution in [-0.4, -0.2) is 48.6 Å². The summed E-state index contributed by atoms with van der Waals surface area (Å²) in [7, 11) is 0. The van der Waals surface area contributed by atoms with E-state index in [4.69, 9.17) is 0 Å². The van der Waals surface area contributed by atoms with Crippen LogP contribution in [0, 0.1) is 0 Å². The summed E-state index contributed by atoms with van der Waals surface area (Å²) in [5, 5.41) is 6.62. The van der Waals surface area contributed by atoms with E-state index in [1.165, 1.54) is 38.5 Å². The number of rotatable bonds is 1. The molecule has 4 nitrogen and oxygen atoms in total. The van der Waals surface area contributed by atoms with E-state index < -0.39 is 0 Å². The Morgan fingerprint density at radius 2 is 1.95 bits per heavy atom. The second-order valence-electron chi connectivity index (χ2n) is 6.51. The normalized spacial score (nSPS) is 32.8. The van der Waals surface area contributed by atoms with Crippen molar-refractivity contribution in [1.29, 1.82) is 0 Å². The highest BCUT2D eigenvalue weighted by molar-refractivity contribution is 5.76. The van der Waals surface area contributed by atoms with Gasteiger partial charge in [0.25, 0.3) is 0 Å². The molecule has 1 amide bonds. The second kappa shape index (κ2) is 5.80. The molecule has 1 aliphatic carbocycles. The van der Waals surface area contributed by atoms with Crippen molar-refractivity contribution in [3.8, 4) is 0 Å². The van der Waals surface area contributed by atoms with E-state index >= 15 is 0 Å². The van der Waals surface area contributed by atoms with Crippen molar-refractivity contribution in [3.05, 3.63) is 0 Å². The zero-order valence-electron chi connectivity index (χ0n) is 11.9. The van der Waals surface area contributed by atoms with E-state index in [1.54, 1.807) is 0 Å². The monoisotopic (exact) mass is 265 g/mol.